The second kappa shape index (κ2) is 8.48. The lowest BCUT2D eigenvalue weighted by Crippen LogP contribution is -2.45. The SMILES string of the molecule is CC(C)c1c(C(=O)N2CCCC(N)C2)cnn1-c1ccc(C(F)(F)F)cn1.Cl. The topological polar surface area (TPSA) is 77.0 Å². The number of aromatic nitrogens is 3. The van der Waals surface area contributed by atoms with Gasteiger partial charge in [-0.1, -0.05) is 13.8 Å². The summed E-state index contributed by atoms with van der Waals surface area (Å²) in [6.45, 7) is 4.92. The van der Waals surface area contributed by atoms with Gasteiger partial charge in [0.15, 0.2) is 5.82 Å². The molecule has 2 N–H and O–H groups in total. The van der Waals surface area contributed by atoms with Crippen LogP contribution in [0, 0.1) is 0 Å². The van der Waals surface area contributed by atoms with Gasteiger partial charge in [-0.05, 0) is 30.9 Å². The van der Waals surface area contributed by atoms with Gasteiger partial charge < -0.3 is 10.6 Å². The van der Waals surface area contributed by atoms with Crippen LogP contribution in [-0.4, -0.2) is 44.7 Å². The maximum Gasteiger partial charge on any atom is 0.417 e. The Balaban J connectivity index is 0.00000280. The number of pyridine rings is 1. The highest BCUT2D eigenvalue weighted by Gasteiger charge is 2.31. The Morgan fingerprint density at radius 1 is 1.29 bits per heavy atom. The van der Waals surface area contributed by atoms with Crippen LogP contribution in [0.2, 0.25) is 0 Å². The summed E-state index contributed by atoms with van der Waals surface area (Å²) in [5.41, 5.74) is 6.19. The normalized spacial score (nSPS) is 17.5. The first-order valence-corrected chi connectivity index (χ1v) is 8.85. The number of nitrogens with zero attached hydrogens (tertiary/aromatic N) is 4. The fraction of sp³-hybridized carbons (Fsp3) is 0.500. The Hall–Kier alpha value is -2.13. The molecule has 1 saturated heterocycles. The lowest BCUT2D eigenvalue weighted by atomic mass is 10.0. The van der Waals surface area contributed by atoms with Crippen molar-refractivity contribution in [3.63, 3.8) is 0 Å². The average Bonchev–Trinajstić information content (AvgIpc) is 3.05. The van der Waals surface area contributed by atoms with Gasteiger partial charge in [-0.15, -0.1) is 12.4 Å². The molecule has 1 amide bonds. The van der Waals surface area contributed by atoms with Gasteiger partial charge in [0.05, 0.1) is 23.0 Å². The van der Waals surface area contributed by atoms with Crippen molar-refractivity contribution in [3.8, 4) is 5.82 Å². The van der Waals surface area contributed by atoms with Crippen LogP contribution in [0.5, 0.6) is 0 Å². The van der Waals surface area contributed by atoms with Gasteiger partial charge in [-0.2, -0.15) is 18.3 Å². The van der Waals surface area contributed by atoms with Crippen LogP contribution in [0.25, 0.3) is 5.82 Å². The molecule has 0 aliphatic carbocycles. The Morgan fingerprint density at radius 2 is 2.00 bits per heavy atom. The summed E-state index contributed by atoms with van der Waals surface area (Å²) in [5, 5.41) is 4.23. The van der Waals surface area contributed by atoms with E-state index < -0.39 is 11.7 Å². The van der Waals surface area contributed by atoms with Crippen LogP contribution < -0.4 is 5.73 Å². The molecule has 154 valence electrons. The molecule has 1 unspecified atom stereocenters. The number of alkyl halides is 3. The van der Waals surface area contributed by atoms with E-state index in [0.717, 1.165) is 25.1 Å². The van der Waals surface area contributed by atoms with Crippen LogP contribution >= 0.6 is 12.4 Å². The van der Waals surface area contributed by atoms with Crippen LogP contribution in [0.15, 0.2) is 24.5 Å². The molecule has 0 aromatic carbocycles. The van der Waals surface area contributed by atoms with Crippen molar-refractivity contribution in [2.24, 2.45) is 5.73 Å². The molecule has 0 saturated carbocycles. The average molecular weight is 418 g/mol. The molecule has 28 heavy (non-hydrogen) atoms. The molecule has 2 aromatic rings. The van der Waals surface area contributed by atoms with E-state index in [9.17, 15) is 18.0 Å². The summed E-state index contributed by atoms with van der Waals surface area (Å²) in [6, 6.07) is 2.17. The third kappa shape index (κ3) is 4.47. The highest BCUT2D eigenvalue weighted by molar-refractivity contribution is 5.95. The van der Waals surface area contributed by atoms with Crippen molar-refractivity contribution in [2.75, 3.05) is 13.1 Å². The smallest absolute Gasteiger partial charge is 0.337 e. The number of hydrogen-bond donors (Lipinski definition) is 1. The summed E-state index contributed by atoms with van der Waals surface area (Å²) in [7, 11) is 0. The first-order chi connectivity index (χ1) is 12.7. The number of amides is 1. The van der Waals surface area contributed by atoms with Crippen LogP contribution in [0.4, 0.5) is 13.2 Å². The minimum Gasteiger partial charge on any atom is -0.337 e. The maximum absolute atomic E-state index is 12.9. The predicted octanol–water partition coefficient (Wildman–Crippen LogP) is 3.39. The third-order valence-corrected chi connectivity index (χ3v) is 4.62. The number of nitrogens with two attached hydrogens (primary N) is 1. The van der Waals surface area contributed by atoms with E-state index in [-0.39, 0.29) is 36.1 Å². The van der Waals surface area contributed by atoms with Crippen molar-refractivity contribution in [1.82, 2.24) is 19.7 Å². The Kier molecular flexibility index (Phi) is 6.71. The molecule has 1 fully saturated rings. The maximum atomic E-state index is 12.9. The molecule has 0 spiro atoms. The molecule has 3 heterocycles. The van der Waals surface area contributed by atoms with Crippen LogP contribution in [-0.2, 0) is 6.18 Å². The number of carbonyl (C=O) groups is 1. The lowest BCUT2D eigenvalue weighted by Gasteiger charge is -2.31. The number of hydrogen-bond acceptors (Lipinski definition) is 4. The number of halogens is 4. The van der Waals surface area contributed by atoms with Gasteiger partial charge >= 0.3 is 6.18 Å². The van der Waals surface area contributed by atoms with E-state index in [1.54, 1.807) is 4.90 Å². The zero-order valence-electron chi connectivity index (χ0n) is 15.6. The summed E-state index contributed by atoms with van der Waals surface area (Å²) < 4.78 is 39.7. The molecule has 3 rings (SSSR count). The predicted molar refractivity (Wildman–Crippen MR) is 101 cm³/mol. The second-order valence-electron chi connectivity index (χ2n) is 7.07. The summed E-state index contributed by atoms with van der Waals surface area (Å²) >= 11 is 0. The molecule has 1 atom stereocenters. The number of carbonyl (C=O) groups excluding carboxylic acids is 1. The van der Waals surface area contributed by atoms with Crippen molar-refractivity contribution in [2.45, 2.75) is 44.8 Å². The zero-order chi connectivity index (χ0) is 19.8. The van der Waals surface area contributed by atoms with E-state index >= 15 is 0 Å². The standard InChI is InChI=1S/C18H22F3N5O.ClH/c1-11(2)16-14(17(27)25-7-3-4-13(22)10-25)9-24-26(16)15-6-5-12(8-23-15)18(19,20)21;/h5-6,8-9,11,13H,3-4,7,10,22H2,1-2H3;1H. The molecule has 1 aliphatic heterocycles. The molecule has 0 bridgehead atoms. The van der Waals surface area contributed by atoms with E-state index in [0.29, 0.717) is 24.3 Å². The van der Waals surface area contributed by atoms with Gasteiger partial charge in [-0.3, -0.25) is 4.79 Å². The van der Waals surface area contributed by atoms with Gasteiger partial charge in [0, 0.05) is 25.3 Å². The van der Waals surface area contributed by atoms with Gasteiger partial charge in [0.1, 0.15) is 0 Å². The minimum absolute atomic E-state index is 0. The molecule has 0 radical (unpaired) electrons. The van der Waals surface area contributed by atoms with Gasteiger partial charge in [0.2, 0.25) is 0 Å². The molecule has 10 heteroatoms. The van der Waals surface area contributed by atoms with E-state index in [4.69, 9.17) is 5.73 Å². The number of piperidine rings is 1. The Labute approximate surface area is 167 Å². The van der Waals surface area contributed by atoms with E-state index in [2.05, 4.69) is 10.1 Å². The zero-order valence-corrected chi connectivity index (χ0v) is 16.4. The first kappa shape index (κ1) is 22.2. The van der Waals surface area contributed by atoms with Gasteiger partial charge in [-0.25, -0.2) is 9.67 Å². The Morgan fingerprint density at radius 3 is 2.54 bits per heavy atom. The fourth-order valence-electron chi connectivity index (χ4n) is 3.30. The van der Waals surface area contributed by atoms with Crippen molar-refractivity contribution in [3.05, 3.63) is 41.3 Å². The van der Waals surface area contributed by atoms with Crippen LogP contribution in [0.1, 0.15) is 54.2 Å². The van der Waals surface area contributed by atoms with E-state index in [1.165, 1.54) is 16.9 Å². The summed E-state index contributed by atoms with van der Waals surface area (Å²) in [5.74, 6) is 0.00196. The third-order valence-electron chi connectivity index (χ3n) is 4.62. The molecule has 2 aromatic heterocycles. The molecule has 6 nitrogen and oxygen atoms in total. The van der Waals surface area contributed by atoms with Crippen molar-refractivity contribution < 1.29 is 18.0 Å². The molecular formula is C18H23ClF3N5O. The second-order valence-corrected chi connectivity index (χ2v) is 7.07. The molecular weight excluding hydrogens is 395 g/mol. The lowest BCUT2D eigenvalue weighted by molar-refractivity contribution is -0.137. The number of likely N-dealkylation sites (tertiary alicyclic amines) is 1. The number of rotatable bonds is 3. The summed E-state index contributed by atoms with van der Waals surface area (Å²) in [4.78, 5) is 18.5. The minimum atomic E-state index is -4.45. The molecule has 1 aliphatic rings. The van der Waals surface area contributed by atoms with Crippen molar-refractivity contribution >= 4 is 18.3 Å². The monoisotopic (exact) mass is 417 g/mol. The quantitative estimate of drug-likeness (QED) is 0.830. The largest absolute Gasteiger partial charge is 0.417 e. The first-order valence-electron chi connectivity index (χ1n) is 8.85. The summed E-state index contributed by atoms with van der Waals surface area (Å²) in [6.07, 6.45) is -0.498. The highest BCUT2D eigenvalue weighted by atomic mass is 35.5. The van der Waals surface area contributed by atoms with E-state index in [1.807, 2.05) is 13.8 Å². The fourth-order valence-corrected chi connectivity index (χ4v) is 3.30. The van der Waals surface area contributed by atoms with Gasteiger partial charge in [0.25, 0.3) is 5.91 Å². The van der Waals surface area contributed by atoms with Crippen LogP contribution in [0.3, 0.4) is 0 Å². The van der Waals surface area contributed by atoms with Crippen molar-refractivity contribution in [1.29, 1.82) is 0 Å². The highest BCUT2D eigenvalue weighted by Crippen LogP contribution is 2.30. The Bertz CT molecular complexity index is 820.